The van der Waals surface area contributed by atoms with E-state index in [1.165, 1.54) is 0 Å². The van der Waals surface area contributed by atoms with Crippen LogP contribution in [0.4, 0.5) is 0 Å². The summed E-state index contributed by atoms with van der Waals surface area (Å²) in [4.78, 5) is 42.8. The van der Waals surface area contributed by atoms with Crippen LogP contribution in [-0.2, 0) is 20.8 Å². The number of allylic oxidation sites excluding steroid dienone is 2. The number of hydrogen-bond acceptors (Lipinski definition) is 4. The third-order valence-corrected chi connectivity index (χ3v) is 7.26. The number of hydrazine groups is 1. The first-order valence-corrected chi connectivity index (χ1v) is 10.4. The predicted octanol–water partition coefficient (Wildman–Crippen LogP) is 4.18. The maximum absolute atomic E-state index is 13.4. The zero-order chi connectivity index (χ0) is 21.4. The van der Waals surface area contributed by atoms with Crippen LogP contribution in [0.3, 0.4) is 0 Å². The van der Waals surface area contributed by atoms with Crippen molar-refractivity contribution in [2.45, 2.75) is 61.3 Å². The summed E-state index contributed by atoms with van der Waals surface area (Å²) in [6, 6.07) is 3.47. The summed E-state index contributed by atoms with van der Waals surface area (Å²) in [5.74, 6) is -1.22. The zero-order valence-corrected chi connectivity index (χ0v) is 17.9. The number of carbonyl (C=O) groups is 3. The number of amides is 3. The summed E-state index contributed by atoms with van der Waals surface area (Å²) in [5, 5.41) is 0.955. The Balaban J connectivity index is 0.00000240. The van der Waals surface area contributed by atoms with Crippen LogP contribution < -0.4 is 5.43 Å². The van der Waals surface area contributed by atoms with Gasteiger partial charge in [-0.05, 0) is 55.2 Å². The van der Waals surface area contributed by atoms with Crippen molar-refractivity contribution in [2.75, 3.05) is 0 Å². The van der Waals surface area contributed by atoms with Crippen LogP contribution in [0.5, 0.6) is 0 Å². The molecule has 1 aromatic rings. The second-order valence-corrected chi connectivity index (χ2v) is 8.92. The summed E-state index contributed by atoms with van der Waals surface area (Å²) in [6.45, 7) is 10.1. The first-order valence-electron chi connectivity index (χ1n) is 10.4. The standard InChI is InChI=1S/C23H31N3O3.CH4.H2/c1-6-8-17(18-14-22(18,4)7-2)23(5)15(3)20(28)26(21(23)29)25-19(27)13-16-9-11-24-12-10-16;;/h6,8-12,15,17-18H,7,13-14H2,1-5H3,(H,25,27);1H4;1H/b8-6-;;/t15-,17?,18?,22?,23+;;/m1../s1. The van der Waals surface area contributed by atoms with E-state index in [4.69, 9.17) is 0 Å². The van der Waals surface area contributed by atoms with Gasteiger partial charge in [0.15, 0.2) is 0 Å². The average molecular weight is 416 g/mol. The number of hydrogen-bond donors (Lipinski definition) is 1. The number of imide groups is 1. The van der Waals surface area contributed by atoms with Gasteiger partial charge in [-0.15, -0.1) is 0 Å². The first kappa shape index (κ1) is 23.8. The molecule has 0 bridgehead atoms. The van der Waals surface area contributed by atoms with Gasteiger partial charge in [-0.2, -0.15) is 5.01 Å². The fourth-order valence-corrected chi connectivity index (χ4v) is 4.73. The second kappa shape index (κ2) is 8.70. The molecule has 5 atom stereocenters. The van der Waals surface area contributed by atoms with E-state index < -0.39 is 11.3 Å². The molecule has 1 saturated carbocycles. The lowest BCUT2D eigenvalue weighted by Crippen LogP contribution is -2.49. The van der Waals surface area contributed by atoms with Crippen molar-refractivity contribution in [3.63, 3.8) is 0 Å². The summed E-state index contributed by atoms with van der Waals surface area (Å²) in [6.07, 6.45) is 9.45. The Bertz CT molecular complexity index is 844. The van der Waals surface area contributed by atoms with Gasteiger partial charge in [-0.1, -0.05) is 46.8 Å². The van der Waals surface area contributed by atoms with E-state index in [-0.39, 0.29) is 44.3 Å². The van der Waals surface area contributed by atoms with Gasteiger partial charge in [0.1, 0.15) is 0 Å². The van der Waals surface area contributed by atoms with Crippen molar-refractivity contribution < 1.29 is 15.8 Å². The summed E-state index contributed by atoms with van der Waals surface area (Å²) < 4.78 is 0. The Labute approximate surface area is 181 Å². The molecule has 0 spiro atoms. The number of carbonyl (C=O) groups excluding carboxylic acids is 3. The van der Waals surface area contributed by atoms with Crippen molar-refractivity contribution in [3.8, 4) is 0 Å². The van der Waals surface area contributed by atoms with Crippen LogP contribution >= 0.6 is 0 Å². The van der Waals surface area contributed by atoms with E-state index in [1.807, 2.05) is 19.9 Å². The van der Waals surface area contributed by atoms with Gasteiger partial charge in [-0.25, -0.2) is 0 Å². The molecule has 2 fully saturated rings. The molecule has 30 heavy (non-hydrogen) atoms. The summed E-state index contributed by atoms with van der Waals surface area (Å²) >= 11 is 0. The highest BCUT2D eigenvalue weighted by Crippen LogP contribution is 2.64. The van der Waals surface area contributed by atoms with E-state index in [9.17, 15) is 14.4 Å². The first-order chi connectivity index (χ1) is 13.7. The minimum absolute atomic E-state index is 0. The van der Waals surface area contributed by atoms with Crippen molar-refractivity contribution in [2.24, 2.45) is 28.6 Å². The second-order valence-electron chi connectivity index (χ2n) is 8.92. The lowest BCUT2D eigenvalue weighted by molar-refractivity contribution is -0.150. The lowest BCUT2D eigenvalue weighted by atomic mass is 9.66. The normalized spacial score (nSPS) is 31.6. The molecule has 1 saturated heterocycles. The third-order valence-electron chi connectivity index (χ3n) is 7.26. The van der Waals surface area contributed by atoms with Crippen LogP contribution in [0.2, 0.25) is 0 Å². The molecule has 3 amide bonds. The van der Waals surface area contributed by atoms with Crippen LogP contribution in [0.15, 0.2) is 36.7 Å². The molecular weight excluding hydrogens is 378 g/mol. The van der Waals surface area contributed by atoms with Gasteiger partial charge in [0.05, 0.1) is 17.8 Å². The van der Waals surface area contributed by atoms with Gasteiger partial charge < -0.3 is 0 Å². The molecule has 1 aliphatic carbocycles. The summed E-state index contributed by atoms with van der Waals surface area (Å²) in [5.41, 5.74) is 2.66. The van der Waals surface area contributed by atoms with Crippen LogP contribution in [0, 0.1) is 28.6 Å². The van der Waals surface area contributed by atoms with Crippen LogP contribution in [0.1, 0.15) is 61.9 Å². The van der Waals surface area contributed by atoms with Gasteiger partial charge >= 0.3 is 0 Å². The maximum Gasteiger partial charge on any atom is 0.255 e. The molecule has 0 radical (unpaired) electrons. The van der Waals surface area contributed by atoms with Crippen molar-refractivity contribution in [1.82, 2.24) is 15.4 Å². The fraction of sp³-hybridized carbons (Fsp3) is 0.583. The highest BCUT2D eigenvalue weighted by molar-refractivity contribution is 6.08. The molecule has 0 aromatic carbocycles. The van der Waals surface area contributed by atoms with Crippen molar-refractivity contribution in [3.05, 3.63) is 42.2 Å². The quantitative estimate of drug-likeness (QED) is 0.535. The number of pyridine rings is 1. The third kappa shape index (κ3) is 3.92. The van der Waals surface area contributed by atoms with Gasteiger partial charge in [0.2, 0.25) is 5.91 Å². The van der Waals surface area contributed by atoms with E-state index in [0.717, 1.165) is 23.4 Å². The molecule has 6 heteroatoms. The van der Waals surface area contributed by atoms with E-state index in [0.29, 0.717) is 5.92 Å². The van der Waals surface area contributed by atoms with Gasteiger partial charge in [0, 0.05) is 13.8 Å². The van der Waals surface area contributed by atoms with Crippen LogP contribution in [0.25, 0.3) is 0 Å². The molecule has 1 aliphatic heterocycles. The number of nitrogens with one attached hydrogen (secondary N) is 1. The summed E-state index contributed by atoms with van der Waals surface area (Å²) in [7, 11) is 0. The molecule has 1 N–H and O–H groups in total. The Morgan fingerprint density at radius 2 is 2.00 bits per heavy atom. The molecule has 1 aromatic heterocycles. The fourth-order valence-electron chi connectivity index (χ4n) is 4.73. The smallest absolute Gasteiger partial charge is 0.255 e. The van der Waals surface area contributed by atoms with E-state index in [2.05, 4.69) is 30.3 Å². The minimum Gasteiger partial charge on any atom is -0.273 e. The lowest BCUT2D eigenvalue weighted by Gasteiger charge is -2.34. The highest BCUT2D eigenvalue weighted by atomic mass is 16.2. The molecule has 6 nitrogen and oxygen atoms in total. The largest absolute Gasteiger partial charge is 0.273 e. The Morgan fingerprint density at radius 1 is 1.37 bits per heavy atom. The van der Waals surface area contributed by atoms with Crippen LogP contribution in [-0.4, -0.2) is 27.7 Å². The monoisotopic (exact) mass is 415 g/mol. The van der Waals surface area contributed by atoms with E-state index >= 15 is 0 Å². The van der Waals surface area contributed by atoms with Crippen molar-refractivity contribution in [1.29, 1.82) is 0 Å². The Hall–Kier alpha value is -2.50. The number of aromatic nitrogens is 1. The number of nitrogens with zero attached hydrogens (tertiary/aromatic N) is 2. The maximum atomic E-state index is 13.4. The predicted molar refractivity (Wildman–Crippen MR) is 119 cm³/mol. The Morgan fingerprint density at radius 3 is 2.53 bits per heavy atom. The SMILES string of the molecule is C.C/C=C\C(C1CC1(C)CC)[C@@]1(C)C(=O)N(NC(=O)Cc2ccncc2)C(=O)[C@H]1C.[HH]. The molecule has 2 aliphatic rings. The highest BCUT2D eigenvalue weighted by Gasteiger charge is 2.64. The van der Waals surface area contributed by atoms with E-state index in [1.54, 1.807) is 31.5 Å². The van der Waals surface area contributed by atoms with Gasteiger partial charge in [0.25, 0.3) is 11.8 Å². The van der Waals surface area contributed by atoms with Gasteiger partial charge in [-0.3, -0.25) is 24.8 Å². The molecule has 3 unspecified atom stereocenters. The minimum atomic E-state index is -0.870. The Kier molecular flexibility index (Phi) is 6.90. The molecule has 3 rings (SSSR count). The molecule has 166 valence electrons. The molecular formula is C24H37N3O3. The number of rotatable bonds is 7. The van der Waals surface area contributed by atoms with Crippen molar-refractivity contribution >= 4 is 17.7 Å². The molecule has 2 heterocycles. The topological polar surface area (TPSA) is 79.4 Å². The zero-order valence-electron chi connectivity index (χ0n) is 17.9. The average Bonchev–Trinajstić information content (AvgIpc) is 3.36.